The maximum atomic E-state index is 11.8. The van der Waals surface area contributed by atoms with Gasteiger partial charge in [0, 0.05) is 12.2 Å². The zero-order chi connectivity index (χ0) is 11.3. The van der Waals surface area contributed by atoms with Crippen molar-refractivity contribution in [3.05, 3.63) is 30.3 Å². The molecule has 82 valence electrons. The van der Waals surface area contributed by atoms with Gasteiger partial charge in [0.2, 0.25) is 7.37 Å². The van der Waals surface area contributed by atoms with E-state index in [9.17, 15) is 14.3 Å². The van der Waals surface area contributed by atoms with E-state index < -0.39 is 13.3 Å². The lowest BCUT2D eigenvalue weighted by Crippen LogP contribution is -2.12. The molecule has 1 aromatic rings. The van der Waals surface area contributed by atoms with Crippen molar-refractivity contribution < 1.29 is 19.0 Å². The molecule has 1 atom stereocenters. The van der Waals surface area contributed by atoms with E-state index >= 15 is 0 Å². The minimum absolute atomic E-state index is 0.0298. The van der Waals surface area contributed by atoms with E-state index in [1.807, 2.05) is 0 Å². The fourth-order valence-corrected chi connectivity index (χ4v) is 2.34. The van der Waals surface area contributed by atoms with Crippen LogP contribution in [-0.4, -0.2) is 23.6 Å². The fraction of sp³-hybridized carbons (Fsp3) is 0.300. The smallest absolute Gasteiger partial charge is 0.302 e. The Morgan fingerprint density at radius 1 is 1.40 bits per heavy atom. The lowest BCUT2D eigenvalue weighted by molar-refractivity contribution is -0.140. The quantitative estimate of drug-likeness (QED) is 0.620. The van der Waals surface area contributed by atoms with E-state index in [4.69, 9.17) is 0 Å². The number of rotatable bonds is 4. The third kappa shape index (κ3) is 3.86. The summed E-state index contributed by atoms with van der Waals surface area (Å²) in [6, 6.07) is 8.35. The third-order valence-electron chi connectivity index (χ3n) is 1.86. The number of hydrogen-bond acceptors (Lipinski definition) is 3. The molecule has 0 amide bonds. The predicted molar refractivity (Wildman–Crippen MR) is 57.4 cm³/mol. The second-order valence-corrected chi connectivity index (χ2v) is 5.47. The molecule has 0 bridgehead atoms. The van der Waals surface area contributed by atoms with Crippen molar-refractivity contribution in [2.24, 2.45) is 0 Å². The van der Waals surface area contributed by atoms with Crippen LogP contribution in [0.1, 0.15) is 6.92 Å². The highest BCUT2D eigenvalue weighted by molar-refractivity contribution is 7.66. The van der Waals surface area contributed by atoms with Crippen LogP contribution in [0.2, 0.25) is 0 Å². The van der Waals surface area contributed by atoms with Crippen molar-refractivity contribution in [3.8, 4) is 0 Å². The van der Waals surface area contributed by atoms with Gasteiger partial charge in [0.25, 0.3) is 0 Å². The Bertz CT molecular complexity index is 374. The number of carbonyl (C=O) groups excluding carboxylic acids is 1. The van der Waals surface area contributed by atoms with Crippen LogP contribution in [0.25, 0.3) is 0 Å². The Morgan fingerprint density at radius 3 is 2.53 bits per heavy atom. The minimum atomic E-state index is -3.38. The molecule has 0 aromatic heterocycles. The Morgan fingerprint density at radius 2 is 2.00 bits per heavy atom. The highest BCUT2D eigenvalue weighted by Crippen LogP contribution is 2.38. The normalized spacial score (nSPS) is 14.3. The molecule has 0 saturated heterocycles. The van der Waals surface area contributed by atoms with Crippen LogP contribution in [0.5, 0.6) is 0 Å². The van der Waals surface area contributed by atoms with Crippen LogP contribution < -0.4 is 5.30 Å². The molecule has 5 heteroatoms. The summed E-state index contributed by atoms with van der Waals surface area (Å²) in [6.45, 7) is 1.24. The number of hydrogen-bond donors (Lipinski definition) is 1. The monoisotopic (exact) mass is 228 g/mol. The second-order valence-electron chi connectivity index (χ2n) is 3.10. The van der Waals surface area contributed by atoms with Gasteiger partial charge in [-0.1, -0.05) is 18.2 Å². The maximum Gasteiger partial charge on any atom is 0.302 e. The second kappa shape index (κ2) is 5.10. The number of esters is 1. The number of carbonyl (C=O) groups is 1. The number of benzene rings is 1. The van der Waals surface area contributed by atoms with Crippen LogP contribution in [0.15, 0.2) is 30.3 Å². The van der Waals surface area contributed by atoms with E-state index in [2.05, 4.69) is 4.74 Å². The van der Waals surface area contributed by atoms with Crippen LogP contribution in [0.4, 0.5) is 0 Å². The molecular weight excluding hydrogens is 215 g/mol. The standard InChI is InChI=1S/C10H13O4P/c1-9(11)14-7-8-15(12,13)10-5-3-2-4-6-10/h2-6H,7-8H2,1H3,(H,12,13). The SMILES string of the molecule is CC(=O)OCCP(=O)(O)c1ccccc1. The Hall–Kier alpha value is -1.12. The van der Waals surface area contributed by atoms with Gasteiger partial charge in [0.05, 0.1) is 6.16 Å². The Balaban J connectivity index is 2.60. The first kappa shape index (κ1) is 12.0. The van der Waals surface area contributed by atoms with Gasteiger partial charge < -0.3 is 9.63 Å². The molecule has 1 unspecified atom stereocenters. The van der Waals surface area contributed by atoms with Crippen LogP contribution in [0.3, 0.4) is 0 Å². The highest BCUT2D eigenvalue weighted by Gasteiger charge is 2.20. The Labute approximate surface area is 88.3 Å². The van der Waals surface area contributed by atoms with Gasteiger partial charge >= 0.3 is 5.97 Å². The average Bonchev–Trinajstić information content (AvgIpc) is 2.18. The molecule has 0 aliphatic rings. The van der Waals surface area contributed by atoms with E-state index in [-0.39, 0.29) is 12.8 Å². The van der Waals surface area contributed by atoms with Crippen LogP contribution >= 0.6 is 7.37 Å². The summed E-state index contributed by atoms with van der Waals surface area (Å²) in [4.78, 5) is 20.1. The zero-order valence-electron chi connectivity index (χ0n) is 8.42. The highest BCUT2D eigenvalue weighted by atomic mass is 31.2. The summed E-state index contributed by atoms with van der Waals surface area (Å²) in [5.41, 5.74) is 0. The summed E-state index contributed by atoms with van der Waals surface area (Å²) >= 11 is 0. The van der Waals surface area contributed by atoms with Crippen molar-refractivity contribution in [3.63, 3.8) is 0 Å². The summed E-state index contributed by atoms with van der Waals surface area (Å²) < 4.78 is 16.4. The van der Waals surface area contributed by atoms with Crippen LogP contribution in [-0.2, 0) is 14.1 Å². The van der Waals surface area contributed by atoms with E-state index in [1.54, 1.807) is 30.3 Å². The molecular formula is C10H13O4P. The lowest BCUT2D eigenvalue weighted by Gasteiger charge is -2.11. The van der Waals surface area contributed by atoms with Crippen molar-refractivity contribution in [2.45, 2.75) is 6.92 Å². The van der Waals surface area contributed by atoms with Crippen molar-refractivity contribution in [2.75, 3.05) is 12.8 Å². The topological polar surface area (TPSA) is 63.6 Å². The van der Waals surface area contributed by atoms with E-state index in [1.165, 1.54) is 6.92 Å². The molecule has 1 rings (SSSR count). The predicted octanol–water partition coefficient (Wildman–Crippen LogP) is 1.15. The van der Waals surface area contributed by atoms with Crippen molar-refractivity contribution in [1.82, 2.24) is 0 Å². The molecule has 0 heterocycles. The number of ether oxygens (including phenoxy) is 1. The first-order valence-corrected chi connectivity index (χ1v) is 6.37. The van der Waals surface area contributed by atoms with E-state index in [0.29, 0.717) is 5.30 Å². The molecule has 0 aliphatic carbocycles. The van der Waals surface area contributed by atoms with Gasteiger partial charge in [0.15, 0.2) is 0 Å². The van der Waals surface area contributed by atoms with Gasteiger partial charge in [-0.15, -0.1) is 0 Å². The van der Waals surface area contributed by atoms with Gasteiger partial charge in [-0.25, -0.2) is 0 Å². The largest absolute Gasteiger partial charge is 0.465 e. The van der Waals surface area contributed by atoms with Crippen molar-refractivity contribution >= 4 is 18.6 Å². The fourth-order valence-electron chi connectivity index (χ4n) is 1.10. The summed E-state index contributed by atoms with van der Waals surface area (Å²) in [5.74, 6) is -0.442. The zero-order valence-corrected chi connectivity index (χ0v) is 9.31. The third-order valence-corrected chi connectivity index (χ3v) is 3.75. The van der Waals surface area contributed by atoms with Crippen molar-refractivity contribution in [1.29, 1.82) is 0 Å². The summed E-state index contributed by atoms with van der Waals surface area (Å²) in [5, 5.41) is 0.386. The first-order valence-electron chi connectivity index (χ1n) is 4.53. The van der Waals surface area contributed by atoms with Gasteiger partial charge in [-0.2, -0.15) is 0 Å². The van der Waals surface area contributed by atoms with Gasteiger partial charge in [-0.05, 0) is 12.1 Å². The minimum Gasteiger partial charge on any atom is -0.465 e. The van der Waals surface area contributed by atoms with Gasteiger partial charge in [-0.3, -0.25) is 9.36 Å². The molecule has 1 aromatic carbocycles. The molecule has 0 spiro atoms. The molecule has 15 heavy (non-hydrogen) atoms. The van der Waals surface area contributed by atoms with E-state index in [0.717, 1.165) is 0 Å². The first-order chi connectivity index (χ1) is 7.02. The average molecular weight is 228 g/mol. The molecule has 0 saturated carbocycles. The van der Waals surface area contributed by atoms with Gasteiger partial charge in [0.1, 0.15) is 6.61 Å². The van der Waals surface area contributed by atoms with Crippen LogP contribution in [0, 0.1) is 0 Å². The molecule has 0 radical (unpaired) electrons. The summed E-state index contributed by atoms with van der Waals surface area (Å²) in [6.07, 6.45) is -0.0450. The molecule has 0 aliphatic heterocycles. The summed E-state index contributed by atoms with van der Waals surface area (Å²) in [7, 11) is -3.38. The molecule has 4 nitrogen and oxygen atoms in total. The molecule has 1 N–H and O–H groups in total. The maximum absolute atomic E-state index is 11.8. The Kier molecular flexibility index (Phi) is 4.06. The molecule has 0 fully saturated rings. The lowest BCUT2D eigenvalue weighted by atomic mass is 10.4.